The number of H-pyrrole nitrogens is 1. The van der Waals surface area contributed by atoms with Crippen LogP contribution < -0.4 is 5.32 Å². The molecule has 0 fully saturated rings. The van der Waals surface area contributed by atoms with Crippen LogP contribution in [0, 0.1) is 0 Å². The summed E-state index contributed by atoms with van der Waals surface area (Å²) < 4.78 is 13.4. The lowest BCUT2D eigenvalue weighted by molar-refractivity contribution is 0.327. The van der Waals surface area contributed by atoms with Gasteiger partial charge in [0.25, 0.3) is 0 Å². The van der Waals surface area contributed by atoms with Crippen LogP contribution in [0.4, 0.5) is 5.95 Å². The summed E-state index contributed by atoms with van der Waals surface area (Å²) >= 11 is 0. The number of hydrogen-bond acceptors (Lipinski definition) is 6. The molecule has 10 nitrogen and oxygen atoms in total. The zero-order valence-corrected chi connectivity index (χ0v) is 12.2. The van der Waals surface area contributed by atoms with Gasteiger partial charge in [-0.05, 0) is 13.3 Å². The molecular formula is C10H16N7O3P. The van der Waals surface area contributed by atoms with Crippen molar-refractivity contribution in [3.63, 3.8) is 0 Å². The molecule has 11 heteroatoms. The zero-order valence-electron chi connectivity index (χ0n) is 11.3. The number of aromatic amines is 1. The van der Waals surface area contributed by atoms with E-state index >= 15 is 0 Å². The van der Waals surface area contributed by atoms with Crippen LogP contribution in [0.3, 0.4) is 0 Å². The Bertz CT molecular complexity index is 651. The van der Waals surface area contributed by atoms with Crippen LogP contribution in [-0.4, -0.2) is 52.2 Å². The monoisotopic (exact) mass is 313 g/mol. The van der Waals surface area contributed by atoms with Gasteiger partial charge in [0.1, 0.15) is 0 Å². The number of nitrogens with one attached hydrogen (secondary N) is 2. The average Bonchev–Trinajstić information content (AvgIpc) is 3.04. The predicted octanol–water partition coefficient (Wildman–Crippen LogP) is 0.103. The normalized spacial score (nSPS) is 23.4. The Kier molecular flexibility index (Phi) is 3.52. The number of rotatable bonds is 4. The Morgan fingerprint density at radius 2 is 2.38 bits per heavy atom. The molecule has 3 atom stereocenters. The van der Waals surface area contributed by atoms with Gasteiger partial charge >= 0.3 is 7.60 Å². The first-order valence-corrected chi connectivity index (χ1v) is 8.31. The second-order valence-electron chi connectivity index (χ2n) is 5.23. The molecule has 0 spiro atoms. The molecule has 2 aromatic rings. The molecule has 0 amide bonds. The van der Waals surface area contributed by atoms with Gasteiger partial charge in [-0.2, -0.15) is 5.21 Å². The molecule has 0 bridgehead atoms. The molecule has 1 aliphatic heterocycles. The Morgan fingerprint density at radius 1 is 1.57 bits per heavy atom. The molecule has 0 aromatic carbocycles. The van der Waals surface area contributed by atoms with Crippen LogP contribution in [0.25, 0.3) is 0 Å². The van der Waals surface area contributed by atoms with Crippen molar-refractivity contribution in [3.05, 3.63) is 18.2 Å². The van der Waals surface area contributed by atoms with E-state index in [1.165, 1.54) is 0 Å². The lowest BCUT2D eigenvalue weighted by Gasteiger charge is -2.34. The van der Waals surface area contributed by atoms with E-state index in [0.29, 0.717) is 18.2 Å². The maximum Gasteiger partial charge on any atom is 0.326 e. The number of anilines is 1. The Morgan fingerprint density at radius 3 is 3.05 bits per heavy atom. The van der Waals surface area contributed by atoms with Gasteiger partial charge in [-0.25, -0.2) is 4.98 Å². The molecule has 0 aliphatic carbocycles. The maximum atomic E-state index is 11.5. The molecule has 3 rings (SSSR count). The largest absolute Gasteiger partial charge is 0.353 e. The third-order valence-corrected chi connectivity index (χ3v) is 4.46. The van der Waals surface area contributed by atoms with Crippen LogP contribution in [0.15, 0.2) is 12.4 Å². The fourth-order valence-corrected chi connectivity index (χ4v) is 3.68. The lowest BCUT2D eigenvalue weighted by atomic mass is 9.93. The van der Waals surface area contributed by atoms with Crippen molar-refractivity contribution in [3.8, 4) is 0 Å². The van der Waals surface area contributed by atoms with Gasteiger partial charge < -0.3 is 19.7 Å². The standard InChI is InChI=1S/C10H16N7O3P/c1-6-4-8(17-3-2-11-10(17)12-6)7(5-21(18,19)20)9-13-15-16-14-9/h2-3,6-8H,4-5H2,1H3,(H,11,12)(H2,18,19,20)(H,13,14,15,16). The van der Waals surface area contributed by atoms with Gasteiger partial charge in [0.2, 0.25) is 5.95 Å². The van der Waals surface area contributed by atoms with E-state index in [4.69, 9.17) is 0 Å². The van der Waals surface area contributed by atoms with Crippen LogP contribution in [0.2, 0.25) is 0 Å². The fraction of sp³-hybridized carbons (Fsp3) is 0.600. The van der Waals surface area contributed by atoms with Gasteiger partial charge in [0.15, 0.2) is 5.82 Å². The summed E-state index contributed by atoms with van der Waals surface area (Å²) in [4.78, 5) is 22.9. The third-order valence-electron chi connectivity index (χ3n) is 3.59. The summed E-state index contributed by atoms with van der Waals surface area (Å²) in [5.41, 5.74) is 0. The van der Waals surface area contributed by atoms with E-state index in [0.717, 1.165) is 0 Å². The summed E-state index contributed by atoms with van der Waals surface area (Å²) in [7, 11) is -4.22. The van der Waals surface area contributed by atoms with Gasteiger partial charge in [-0.15, -0.1) is 10.2 Å². The first-order chi connectivity index (χ1) is 9.94. The van der Waals surface area contributed by atoms with Crippen LogP contribution in [-0.2, 0) is 4.57 Å². The van der Waals surface area contributed by atoms with E-state index in [1.807, 2.05) is 11.5 Å². The van der Waals surface area contributed by atoms with Gasteiger partial charge in [-0.3, -0.25) is 4.57 Å². The summed E-state index contributed by atoms with van der Waals surface area (Å²) in [6.07, 6.45) is 3.79. The molecule has 0 radical (unpaired) electrons. The van der Waals surface area contributed by atoms with Crippen LogP contribution in [0.1, 0.15) is 31.1 Å². The SMILES string of the molecule is CC1CC(C(CP(=O)(O)O)c2nn[nH]n2)n2ccnc2N1. The minimum Gasteiger partial charge on any atom is -0.353 e. The van der Waals surface area contributed by atoms with Crippen molar-refractivity contribution in [2.24, 2.45) is 0 Å². The third kappa shape index (κ3) is 2.97. The fourth-order valence-electron chi connectivity index (χ4n) is 2.76. The maximum absolute atomic E-state index is 11.5. The van der Waals surface area contributed by atoms with Gasteiger partial charge in [-0.1, -0.05) is 5.21 Å². The van der Waals surface area contributed by atoms with Crippen molar-refractivity contribution in [2.75, 3.05) is 11.5 Å². The number of fused-ring (bicyclic) bond motifs is 1. The highest BCUT2D eigenvalue weighted by Gasteiger charge is 2.37. The molecule has 0 saturated heterocycles. The molecule has 21 heavy (non-hydrogen) atoms. The highest BCUT2D eigenvalue weighted by atomic mass is 31.2. The summed E-state index contributed by atoms with van der Waals surface area (Å²) in [6, 6.07) is -0.0555. The number of imidazole rings is 1. The highest BCUT2D eigenvalue weighted by molar-refractivity contribution is 7.51. The van der Waals surface area contributed by atoms with Crippen LogP contribution in [0.5, 0.6) is 0 Å². The van der Waals surface area contributed by atoms with Gasteiger partial charge in [0, 0.05) is 24.5 Å². The zero-order chi connectivity index (χ0) is 15.0. The summed E-state index contributed by atoms with van der Waals surface area (Å²) in [6.45, 7) is 2.00. The quantitative estimate of drug-likeness (QED) is 0.582. The van der Waals surface area contributed by atoms with Gasteiger partial charge in [0.05, 0.1) is 12.1 Å². The minimum absolute atomic E-state index is 0.135. The smallest absolute Gasteiger partial charge is 0.326 e. The highest BCUT2D eigenvalue weighted by Crippen LogP contribution is 2.46. The Labute approximate surface area is 120 Å². The predicted molar refractivity (Wildman–Crippen MR) is 72.8 cm³/mol. The van der Waals surface area contributed by atoms with Crippen molar-refractivity contribution in [1.29, 1.82) is 0 Å². The second kappa shape index (κ2) is 5.21. The van der Waals surface area contributed by atoms with E-state index in [2.05, 4.69) is 30.9 Å². The molecule has 0 saturated carbocycles. The van der Waals surface area contributed by atoms with E-state index < -0.39 is 13.5 Å². The molecule has 1 aliphatic rings. The molecular weight excluding hydrogens is 297 g/mol. The average molecular weight is 313 g/mol. The molecule has 2 aromatic heterocycles. The minimum atomic E-state index is -4.22. The number of tetrazole rings is 1. The van der Waals surface area contributed by atoms with E-state index in [1.54, 1.807) is 12.4 Å². The Hall–Kier alpha value is -1.77. The molecule has 3 unspecified atom stereocenters. The van der Waals surface area contributed by atoms with Crippen LogP contribution >= 0.6 is 7.60 Å². The molecule has 3 heterocycles. The van der Waals surface area contributed by atoms with Crippen molar-refractivity contribution in [2.45, 2.75) is 31.3 Å². The topological polar surface area (TPSA) is 142 Å². The van der Waals surface area contributed by atoms with E-state index in [-0.39, 0.29) is 18.2 Å². The molecule has 114 valence electrons. The summed E-state index contributed by atoms with van der Waals surface area (Å²) in [5, 5.41) is 16.9. The number of aromatic nitrogens is 6. The lowest BCUT2D eigenvalue weighted by Crippen LogP contribution is -2.34. The van der Waals surface area contributed by atoms with Crippen molar-refractivity contribution < 1.29 is 14.4 Å². The second-order valence-corrected chi connectivity index (χ2v) is 6.92. The van der Waals surface area contributed by atoms with Crippen molar-refractivity contribution >= 4 is 13.5 Å². The van der Waals surface area contributed by atoms with Crippen molar-refractivity contribution in [1.82, 2.24) is 30.2 Å². The number of hydrogen-bond donors (Lipinski definition) is 4. The first kappa shape index (κ1) is 14.2. The van der Waals surface area contributed by atoms with E-state index in [9.17, 15) is 14.4 Å². The Balaban J connectivity index is 1.99. The molecule has 4 N–H and O–H groups in total. The summed E-state index contributed by atoms with van der Waals surface area (Å²) in [5.74, 6) is 0.442. The number of nitrogens with zero attached hydrogens (tertiary/aromatic N) is 5. The first-order valence-electron chi connectivity index (χ1n) is 6.51.